The van der Waals surface area contributed by atoms with E-state index in [1.807, 2.05) is 0 Å². The van der Waals surface area contributed by atoms with E-state index in [0.29, 0.717) is 22.3 Å². The molecule has 12 heteroatoms. The lowest BCUT2D eigenvalue weighted by atomic mass is 10.1. The number of likely N-dealkylation sites (N-methyl/N-ethyl adjacent to an activating group) is 1. The van der Waals surface area contributed by atoms with Crippen molar-refractivity contribution in [1.29, 1.82) is 0 Å². The Morgan fingerprint density at radius 3 is 2.56 bits per heavy atom. The molecule has 0 spiro atoms. The highest BCUT2D eigenvalue weighted by Crippen LogP contribution is 2.33. The molecule has 0 saturated carbocycles. The summed E-state index contributed by atoms with van der Waals surface area (Å²) >= 11 is 0. The number of hydrazine groups is 1. The zero-order chi connectivity index (χ0) is 23.5. The number of carbonyl (C=O) groups excluding carboxylic acids is 1. The van der Waals surface area contributed by atoms with Crippen LogP contribution in [-0.4, -0.2) is 65.0 Å². The topological polar surface area (TPSA) is 135 Å². The van der Waals surface area contributed by atoms with Crippen LogP contribution in [0.5, 0.6) is 17.2 Å². The summed E-state index contributed by atoms with van der Waals surface area (Å²) in [5, 5.41) is 10.1. The predicted octanol–water partition coefficient (Wildman–Crippen LogP) is 1.47. The number of hydrogen-bond donors (Lipinski definition) is 2. The maximum atomic E-state index is 12.8. The van der Waals surface area contributed by atoms with Crippen LogP contribution in [0.2, 0.25) is 0 Å². The molecule has 0 saturated heterocycles. The van der Waals surface area contributed by atoms with Crippen molar-refractivity contribution < 1.29 is 37.3 Å². The SMILES string of the molecule is COc1ccc(CCN(NS(=O)(=O)c2ccc3c(c2)N(C)C(=O)CO3)C(=O)O)cc1OC. The van der Waals surface area contributed by atoms with Gasteiger partial charge in [-0.15, -0.1) is 4.83 Å². The monoisotopic (exact) mass is 465 g/mol. The number of benzene rings is 2. The summed E-state index contributed by atoms with van der Waals surface area (Å²) < 4.78 is 41.3. The normalized spacial score (nSPS) is 13.2. The van der Waals surface area contributed by atoms with Crippen LogP contribution in [0.15, 0.2) is 41.3 Å². The summed E-state index contributed by atoms with van der Waals surface area (Å²) in [6, 6.07) is 9.04. The van der Waals surface area contributed by atoms with Crippen LogP contribution in [0, 0.1) is 0 Å². The second-order valence-corrected chi connectivity index (χ2v) is 8.50. The molecule has 11 nitrogen and oxygen atoms in total. The molecule has 0 fully saturated rings. The number of nitrogens with one attached hydrogen (secondary N) is 1. The molecular formula is C20H23N3O8S. The minimum absolute atomic E-state index is 0.142. The van der Waals surface area contributed by atoms with Gasteiger partial charge in [-0.1, -0.05) is 6.07 Å². The van der Waals surface area contributed by atoms with E-state index in [2.05, 4.69) is 4.83 Å². The minimum Gasteiger partial charge on any atom is -0.493 e. The number of nitrogens with zero attached hydrogens (tertiary/aromatic N) is 2. The summed E-state index contributed by atoms with van der Waals surface area (Å²) in [7, 11) is 0.229. The summed E-state index contributed by atoms with van der Waals surface area (Å²) in [5.74, 6) is 1.02. The third kappa shape index (κ3) is 4.86. The third-order valence-corrected chi connectivity index (χ3v) is 6.20. The first-order valence-corrected chi connectivity index (χ1v) is 10.9. The van der Waals surface area contributed by atoms with Crippen molar-refractivity contribution >= 4 is 27.7 Å². The van der Waals surface area contributed by atoms with E-state index >= 15 is 0 Å². The number of carboxylic acid groups (broad SMARTS) is 1. The van der Waals surface area contributed by atoms with Crippen molar-refractivity contribution in [2.45, 2.75) is 11.3 Å². The standard InChI is InChI=1S/C20H23N3O8S/c1-22-15-11-14(5-7-16(15)31-12-19(22)24)32(27,28)21-23(20(25)26)9-8-13-4-6-17(29-2)18(10-13)30-3/h4-7,10-11,21H,8-9,12H2,1-3H3,(H,25,26). The van der Waals surface area contributed by atoms with E-state index < -0.39 is 16.1 Å². The van der Waals surface area contributed by atoms with E-state index in [-0.39, 0.29) is 36.1 Å². The van der Waals surface area contributed by atoms with Gasteiger partial charge in [-0.25, -0.2) is 18.2 Å². The number of fused-ring (bicyclic) bond motifs is 1. The van der Waals surface area contributed by atoms with E-state index in [1.165, 1.54) is 44.4 Å². The Hall–Kier alpha value is -3.51. The lowest BCUT2D eigenvalue weighted by molar-refractivity contribution is -0.121. The molecule has 0 aromatic heterocycles. The first-order valence-electron chi connectivity index (χ1n) is 9.43. The van der Waals surface area contributed by atoms with Crippen molar-refractivity contribution in [1.82, 2.24) is 9.84 Å². The van der Waals surface area contributed by atoms with Crippen molar-refractivity contribution in [2.75, 3.05) is 39.3 Å². The van der Waals surface area contributed by atoms with Crippen LogP contribution in [0.25, 0.3) is 0 Å². The quantitative estimate of drug-likeness (QED) is 0.560. The van der Waals surface area contributed by atoms with Gasteiger partial charge >= 0.3 is 6.09 Å². The average molecular weight is 465 g/mol. The van der Waals surface area contributed by atoms with Crippen molar-refractivity contribution in [2.24, 2.45) is 0 Å². The van der Waals surface area contributed by atoms with E-state index in [4.69, 9.17) is 14.2 Å². The number of ether oxygens (including phenoxy) is 3. The summed E-state index contributed by atoms with van der Waals surface area (Å²) in [6.07, 6.45) is -1.26. The van der Waals surface area contributed by atoms with Gasteiger partial charge in [-0.3, -0.25) is 4.79 Å². The molecule has 2 N–H and O–H groups in total. The van der Waals surface area contributed by atoms with Crippen molar-refractivity contribution in [3.8, 4) is 17.2 Å². The van der Waals surface area contributed by atoms with Crippen LogP contribution in [0.1, 0.15) is 5.56 Å². The molecule has 0 atom stereocenters. The molecule has 1 aliphatic rings. The largest absolute Gasteiger partial charge is 0.493 e. The van der Waals surface area contributed by atoms with Crippen molar-refractivity contribution in [3.05, 3.63) is 42.0 Å². The molecule has 0 radical (unpaired) electrons. The highest BCUT2D eigenvalue weighted by molar-refractivity contribution is 7.89. The second kappa shape index (κ2) is 9.32. The Balaban J connectivity index is 1.77. The van der Waals surface area contributed by atoms with Gasteiger partial charge < -0.3 is 24.2 Å². The van der Waals surface area contributed by atoms with Gasteiger partial charge in [0.25, 0.3) is 15.9 Å². The van der Waals surface area contributed by atoms with Crippen LogP contribution in [0.3, 0.4) is 0 Å². The van der Waals surface area contributed by atoms with Crippen LogP contribution < -0.4 is 23.9 Å². The summed E-state index contributed by atoms with van der Waals surface area (Å²) in [6.45, 7) is -0.298. The van der Waals surface area contributed by atoms with E-state index in [1.54, 1.807) is 18.2 Å². The van der Waals surface area contributed by atoms with Gasteiger partial charge in [0.1, 0.15) is 5.75 Å². The van der Waals surface area contributed by atoms with Crippen molar-refractivity contribution in [3.63, 3.8) is 0 Å². The van der Waals surface area contributed by atoms with Gasteiger partial charge in [0.2, 0.25) is 0 Å². The molecular weight excluding hydrogens is 442 g/mol. The fourth-order valence-corrected chi connectivity index (χ4v) is 4.15. The lowest BCUT2D eigenvalue weighted by Crippen LogP contribution is -2.46. The number of hydrogen-bond acceptors (Lipinski definition) is 7. The molecule has 2 aromatic carbocycles. The molecule has 3 rings (SSSR count). The van der Waals surface area contributed by atoms with Crippen LogP contribution >= 0.6 is 0 Å². The Kier molecular flexibility index (Phi) is 6.75. The minimum atomic E-state index is -4.25. The zero-order valence-corrected chi connectivity index (χ0v) is 18.5. The van der Waals surface area contributed by atoms with Gasteiger partial charge in [-0.05, 0) is 42.3 Å². The number of carbonyl (C=O) groups is 2. The molecule has 2 aromatic rings. The highest BCUT2D eigenvalue weighted by Gasteiger charge is 2.27. The van der Waals surface area contributed by atoms with E-state index in [9.17, 15) is 23.1 Å². The van der Waals surface area contributed by atoms with E-state index in [0.717, 1.165) is 5.56 Å². The lowest BCUT2D eigenvalue weighted by Gasteiger charge is -2.26. The van der Waals surface area contributed by atoms with Gasteiger partial charge in [0.05, 0.1) is 24.8 Å². The van der Waals surface area contributed by atoms with Crippen LogP contribution in [0.4, 0.5) is 10.5 Å². The molecule has 172 valence electrons. The summed E-state index contributed by atoms with van der Waals surface area (Å²) in [4.78, 5) is 26.6. The number of anilines is 1. The zero-order valence-electron chi connectivity index (χ0n) is 17.7. The number of methoxy groups -OCH3 is 2. The first-order chi connectivity index (χ1) is 15.2. The molecule has 0 bridgehead atoms. The average Bonchev–Trinajstić information content (AvgIpc) is 2.78. The Morgan fingerprint density at radius 1 is 1.19 bits per heavy atom. The second-order valence-electron chi connectivity index (χ2n) is 6.84. The molecule has 1 heterocycles. The Labute approximate surface area is 185 Å². The summed E-state index contributed by atoms with van der Waals surface area (Å²) in [5.41, 5.74) is 0.996. The third-order valence-electron chi connectivity index (χ3n) is 4.86. The first kappa shape index (κ1) is 23.2. The number of rotatable bonds is 8. The van der Waals surface area contributed by atoms with Gasteiger partial charge in [-0.2, -0.15) is 0 Å². The Bertz CT molecular complexity index is 1140. The van der Waals surface area contributed by atoms with Crippen LogP contribution in [-0.2, 0) is 21.2 Å². The van der Waals surface area contributed by atoms with Gasteiger partial charge in [0, 0.05) is 13.6 Å². The maximum Gasteiger partial charge on any atom is 0.422 e. The molecule has 1 aliphatic heterocycles. The molecule has 0 unspecified atom stereocenters. The Morgan fingerprint density at radius 2 is 1.91 bits per heavy atom. The fourth-order valence-electron chi connectivity index (χ4n) is 3.07. The maximum absolute atomic E-state index is 12.8. The molecule has 2 amide bonds. The fraction of sp³-hybridized carbons (Fsp3) is 0.300. The van der Waals surface area contributed by atoms with Gasteiger partial charge in [0.15, 0.2) is 18.1 Å². The molecule has 32 heavy (non-hydrogen) atoms. The predicted molar refractivity (Wildman–Crippen MR) is 114 cm³/mol. The number of sulfonamides is 1. The number of amides is 2. The molecule has 0 aliphatic carbocycles. The smallest absolute Gasteiger partial charge is 0.422 e. The highest BCUT2D eigenvalue weighted by atomic mass is 32.2.